The van der Waals surface area contributed by atoms with Crippen LogP contribution < -0.4 is 20.9 Å². The molecule has 0 atom stereocenters. The van der Waals surface area contributed by atoms with E-state index in [2.05, 4.69) is 10.2 Å². The first kappa shape index (κ1) is 15.1. The molecule has 104 valence electrons. The van der Waals surface area contributed by atoms with E-state index in [1.165, 1.54) is 6.21 Å². The summed E-state index contributed by atoms with van der Waals surface area (Å²) in [6, 6.07) is 3.40. The molecule has 0 radical (unpaired) electrons. The van der Waals surface area contributed by atoms with Crippen LogP contribution in [0.3, 0.4) is 0 Å². The molecule has 4 N–H and O–H groups in total. The number of hydrogen-bond donors (Lipinski definition) is 2. The van der Waals surface area contributed by atoms with Gasteiger partial charge in [-0.2, -0.15) is 5.10 Å². The summed E-state index contributed by atoms with van der Waals surface area (Å²) in [5.74, 6) is 1.07. The van der Waals surface area contributed by atoms with Crippen LogP contribution in [-0.4, -0.2) is 25.4 Å². The van der Waals surface area contributed by atoms with Gasteiger partial charge in [-0.1, -0.05) is 11.6 Å². The zero-order chi connectivity index (χ0) is 14.3. The minimum Gasteiger partial charge on any atom is -0.490 e. The Morgan fingerprint density at radius 1 is 1.21 bits per heavy atom. The van der Waals surface area contributed by atoms with Crippen LogP contribution in [0.4, 0.5) is 0 Å². The van der Waals surface area contributed by atoms with Gasteiger partial charge in [0, 0.05) is 11.6 Å². The molecule has 0 aromatic heterocycles. The quantitative estimate of drug-likeness (QED) is 0.472. The van der Waals surface area contributed by atoms with Crippen molar-refractivity contribution in [2.24, 2.45) is 21.7 Å². The summed E-state index contributed by atoms with van der Waals surface area (Å²) >= 11 is 6.11. The Hall–Kier alpha value is -1.95. The summed E-state index contributed by atoms with van der Waals surface area (Å²) in [6.45, 7) is 4.82. The lowest BCUT2D eigenvalue weighted by Gasteiger charge is -2.12. The predicted octanol–water partition coefficient (Wildman–Crippen LogP) is 1.74. The molecule has 1 aromatic carbocycles. The van der Waals surface area contributed by atoms with E-state index < -0.39 is 0 Å². The van der Waals surface area contributed by atoms with Gasteiger partial charge in [0.05, 0.1) is 24.5 Å². The lowest BCUT2D eigenvalue weighted by Crippen LogP contribution is -2.21. The van der Waals surface area contributed by atoms with Crippen molar-refractivity contribution < 1.29 is 9.47 Å². The van der Waals surface area contributed by atoms with Crippen LogP contribution in [0.1, 0.15) is 19.4 Å². The van der Waals surface area contributed by atoms with Gasteiger partial charge < -0.3 is 20.9 Å². The lowest BCUT2D eigenvalue weighted by atomic mass is 10.2. The Balaban J connectivity index is 3.09. The van der Waals surface area contributed by atoms with Gasteiger partial charge in [0.1, 0.15) is 0 Å². The Morgan fingerprint density at radius 2 is 1.79 bits per heavy atom. The van der Waals surface area contributed by atoms with Gasteiger partial charge in [-0.25, -0.2) is 0 Å². The molecule has 0 heterocycles. The van der Waals surface area contributed by atoms with E-state index in [9.17, 15) is 0 Å². The first-order chi connectivity index (χ1) is 9.08. The van der Waals surface area contributed by atoms with E-state index >= 15 is 0 Å². The van der Waals surface area contributed by atoms with Crippen LogP contribution in [0.5, 0.6) is 11.5 Å². The third-order valence-electron chi connectivity index (χ3n) is 2.03. The summed E-state index contributed by atoms with van der Waals surface area (Å²) in [5, 5.41) is 7.69. The van der Waals surface area contributed by atoms with Gasteiger partial charge in [-0.05, 0) is 19.9 Å². The van der Waals surface area contributed by atoms with Crippen molar-refractivity contribution in [1.82, 2.24) is 0 Å². The fourth-order valence-corrected chi connectivity index (χ4v) is 1.55. The molecule has 0 amide bonds. The standard InChI is InChI=1S/C12H17ClN4O2/c1-3-18-10-5-8(7-16-17-12(14)15)9(13)6-11(10)19-4-2/h5-7H,3-4H2,1-2H3,(H4,14,15,17). The number of ether oxygens (including phenoxy) is 2. The molecule has 1 rings (SSSR count). The van der Waals surface area contributed by atoms with E-state index in [0.717, 1.165) is 0 Å². The molecule has 1 aromatic rings. The maximum Gasteiger partial charge on any atom is 0.211 e. The number of benzene rings is 1. The topological polar surface area (TPSA) is 95.2 Å². The average Bonchev–Trinajstić information content (AvgIpc) is 2.34. The molecule has 6 nitrogen and oxygen atoms in total. The highest BCUT2D eigenvalue weighted by atomic mass is 35.5. The van der Waals surface area contributed by atoms with Crippen molar-refractivity contribution in [3.05, 3.63) is 22.7 Å². The van der Waals surface area contributed by atoms with Crippen molar-refractivity contribution in [2.75, 3.05) is 13.2 Å². The predicted molar refractivity (Wildman–Crippen MR) is 77.2 cm³/mol. The number of hydrogen-bond acceptors (Lipinski definition) is 4. The van der Waals surface area contributed by atoms with Crippen LogP contribution in [0.2, 0.25) is 5.02 Å². The number of rotatable bonds is 6. The number of guanidine groups is 1. The highest BCUT2D eigenvalue weighted by molar-refractivity contribution is 6.33. The maximum absolute atomic E-state index is 6.11. The Morgan fingerprint density at radius 3 is 2.32 bits per heavy atom. The molecule has 0 aliphatic rings. The zero-order valence-corrected chi connectivity index (χ0v) is 11.6. The third-order valence-corrected chi connectivity index (χ3v) is 2.36. The van der Waals surface area contributed by atoms with Crippen molar-refractivity contribution in [3.8, 4) is 11.5 Å². The first-order valence-corrected chi connectivity index (χ1v) is 6.17. The summed E-state index contributed by atoms with van der Waals surface area (Å²) < 4.78 is 10.9. The highest BCUT2D eigenvalue weighted by Gasteiger charge is 2.09. The van der Waals surface area contributed by atoms with Gasteiger partial charge >= 0.3 is 0 Å². The van der Waals surface area contributed by atoms with Crippen LogP contribution in [0.15, 0.2) is 22.3 Å². The van der Waals surface area contributed by atoms with Crippen LogP contribution >= 0.6 is 11.6 Å². The lowest BCUT2D eigenvalue weighted by molar-refractivity contribution is 0.288. The fourth-order valence-electron chi connectivity index (χ4n) is 1.34. The van der Waals surface area contributed by atoms with E-state index in [4.69, 9.17) is 32.5 Å². The summed E-state index contributed by atoms with van der Waals surface area (Å²) in [5.41, 5.74) is 11.0. The average molecular weight is 285 g/mol. The Kier molecular flexibility index (Phi) is 5.95. The molecule has 0 bridgehead atoms. The van der Waals surface area contributed by atoms with E-state index in [0.29, 0.717) is 35.3 Å². The molecule has 0 spiro atoms. The molecule has 0 aliphatic heterocycles. The van der Waals surface area contributed by atoms with Crippen LogP contribution in [0.25, 0.3) is 0 Å². The molecular weight excluding hydrogens is 268 g/mol. The Labute approximate surface area is 117 Å². The van der Waals surface area contributed by atoms with Gasteiger partial charge in [0.25, 0.3) is 0 Å². The molecular formula is C12H17ClN4O2. The highest BCUT2D eigenvalue weighted by Crippen LogP contribution is 2.33. The summed E-state index contributed by atoms with van der Waals surface area (Å²) in [4.78, 5) is 0. The van der Waals surface area contributed by atoms with E-state index in [-0.39, 0.29) is 5.96 Å². The molecule has 7 heteroatoms. The fraction of sp³-hybridized carbons (Fsp3) is 0.333. The second-order valence-corrected chi connectivity index (χ2v) is 3.86. The molecule has 0 unspecified atom stereocenters. The monoisotopic (exact) mass is 284 g/mol. The van der Waals surface area contributed by atoms with Gasteiger partial charge in [0.15, 0.2) is 11.5 Å². The van der Waals surface area contributed by atoms with Crippen molar-refractivity contribution in [1.29, 1.82) is 0 Å². The number of nitrogens with zero attached hydrogens (tertiary/aromatic N) is 2. The van der Waals surface area contributed by atoms with E-state index in [1.807, 2.05) is 13.8 Å². The van der Waals surface area contributed by atoms with E-state index in [1.54, 1.807) is 12.1 Å². The maximum atomic E-state index is 6.11. The van der Waals surface area contributed by atoms with Gasteiger partial charge in [-0.15, -0.1) is 5.10 Å². The van der Waals surface area contributed by atoms with Crippen LogP contribution in [0, 0.1) is 0 Å². The molecule has 19 heavy (non-hydrogen) atoms. The van der Waals surface area contributed by atoms with Gasteiger partial charge in [0.2, 0.25) is 5.96 Å². The second-order valence-electron chi connectivity index (χ2n) is 3.46. The molecule has 0 aliphatic carbocycles. The largest absolute Gasteiger partial charge is 0.490 e. The molecule has 0 saturated heterocycles. The normalized spacial score (nSPS) is 10.5. The Bertz CT molecular complexity index is 485. The first-order valence-electron chi connectivity index (χ1n) is 5.79. The summed E-state index contributed by atoms with van der Waals surface area (Å²) in [6.07, 6.45) is 1.44. The zero-order valence-electron chi connectivity index (χ0n) is 10.9. The number of halogens is 1. The SMILES string of the molecule is CCOc1cc(Cl)c(C=NN=C(N)N)cc1OCC. The third kappa shape index (κ3) is 4.67. The van der Waals surface area contributed by atoms with Crippen molar-refractivity contribution in [2.45, 2.75) is 13.8 Å². The smallest absolute Gasteiger partial charge is 0.211 e. The van der Waals surface area contributed by atoms with Gasteiger partial charge in [-0.3, -0.25) is 0 Å². The molecule has 0 saturated carbocycles. The number of nitrogens with two attached hydrogens (primary N) is 2. The minimum absolute atomic E-state index is 0.122. The summed E-state index contributed by atoms with van der Waals surface area (Å²) in [7, 11) is 0. The second kappa shape index (κ2) is 7.48. The van der Waals surface area contributed by atoms with Crippen molar-refractivity contribution in [3.63, 3.8) is 0 Å². The minimum atomic E-state index is -0.122. The molecule has 0 fully saturated rings. The van der Waals surface area contributed by atoms with Crippen molar-refractivity contribution >= 4 is 23.8 Å². The van der Waals surface area contributed by atoms with Crippen LogP contribution in [-0.2, 0) is 0 Å².